The molecule has 0 amide bonds. The standard InChI is InChI=1S/C18H27N/c1-3-13-8-4-7-11-16(13)18(19-2)17-12-14-9-5-6-10-15(14)17/h5-6,9-10,13,16-19H,3-4,7-8,11-12H2,1-2H3. The Hall–Kier alpha value is -0.820. The molecule has 1 fully saturated rings. The smallest absolute Gasteiger partial charge is 0.0167 e. The number of hydrogen-bond acceptors (Lipinski definition) is 1. The van der Waals surface area contributed by atoms with E-state index in [9.17, 15) is 0 Å². The highest BCUT2D eigenvalue weighted by molar-refractivity contribution is 5.41. The van der Waals surface area contributed by atoms with Crippen molar-refractivity contribution in [3.8, 4) is 0 Å². The van der Waals surface area contributed by atoms with Gasteiger partial charge in [0.15, 0.2) is 0 Å². The number of fused-ring (bicyclic) bond motifs is 1. The van der Waals surface area contributed by atoms with Crippen LogP contribution in [-0.4, -0.2) is 13.1 Å². The van der Waals surface area contributed by atoms with Crippen molar-refractivity contribution in [1.82, 2.24) is 5.32 Å². The Kier molecular flexibility index (Phi) is 3.93. The highest BCUT2D eigenvalue weighted by atomic mass is 14.9. The summed E-state index contributed by atoms with van der Waals surface area (Å²) in [6.07, 6.45) is 8.42. The third-order valence-electron chi connectivity index (χ3n) is 5.61. The van der Waals surface area contributed by atoms with Gasteiger partial charge in [0, 0.05) is 12.0 Å². The van der Waals surface area contributed by atoms with Gasteiger partial charge >= 0.3 is 0 Å². The first kappa shape index (κ1) is 13.2. The van der Waals surface area contributed by atoms with Gasteiger partial charge in [-0.1, -0.05) is 56.9 Å². The van der Waals surface area contributed by atoms with Crippen LogP contribution in [0.25, 0.3) is 0 Å². The summed E-state index contributed by atoms with van der Waals surface area (Å²) in [6.45, 7) is 2.38. The van der Waals surface area contributed by atoms with Crippen molar-refractivity contribution in [1.29, 1.82) is 0 Å². The third-order valence-corrected chi connectivity index (χ3v) is 5.61. The summed E-state index contributed by atoms with van der Waals surface area (Å²) in [5.41, 5.74) is 3.19. The molecule has 1 nitrogen and oxygen atoms in total. The lowest BCUT2D eigenvalue weighted by molar-refractivity contribution is 0.157. The fourth-order valence-electron chi connectivity index (χ4n) is 4.55. The van der Waals surface area contributed by atoms with Crippen LogP contribution in [0.1, 0.15) is 56.1 Å². The molecular formula is C18H27N. The molecule has 4 atom stereocenters. The average molecular weight is 257 g/mol. The van der Waals surface area contributed by atoms with Crippen LogP contribution in [0.4, 0.5) is 0 Å². The van der Waals surface area contributed by atoms with E-state index in [1.807, 2.05) is 0 Å². The maximum Gasteiger partial charge on any atom is 0.0167 e. The van der Waals surface area contributed by atoms with Crippen LogP contribution < -0.4 is 5.32 Å². The molecule has 2 aliphatic rings. The van der Waals surface area contributed by atoms with Crippen LogP contribution in [0, 0.1) is 11.8 Å². The summed E-state index contributed by atoms with van der Waals surface area (Å²) < 4.78 is 0. The normalized spacial score (nSPS) is 31.4. The van der Waals surface area contributed by atoms with Gasteiger partial charge in [-0.25, -0.2) is 0 Å². The van der Waals surface area contributed by atoms with E-state index in [1.165, 1.54) is 38.5 Å². The second-order valence-corrected chi connectivity index (χ2v) is 6.44. The van der Waals surface area contributed by atoms with Gasteiger partial charge in [-0.15, -0.1) is 0 Å². The van der Waals surface area contributed by atoms with Gasteiger partial charge < -0.3 is 5.32 Å². The SMILES string of the molecule is CCC1CCCCC1C(NC)C1Cc2ccccc21. The molecule has 1 N–H and O–H groups in total. The average Bonchev–Trinajstić information content (AvgIpc) is 2.45. The van der Waals surface area contributed by atoms with Crippen LogP contribution >= 0.6 is 0 Å². The molecule has 0 spiro atoms. The van der Waals surface area contributed by atoms with Crippen molar-refractivity contribution in [3.05, 3.63) is 35.4 Å². The molecule has 104 valence electrons. The zero-order valence-corrected chi connectivity index (χ0v) is 12.4. The Bertz CT molecular complexity index is 425. The molecule has 1 aromatic carbocycles. The monoisotopic (exact) mass is 257 g/mol. The summed E-state index contributed by atoms with van der Waals surface area (Å²) in [7, 11) is 2.17. The minimum atomic E-state index is 0.695. The van der Waals surface area contributed by atoms with E-state index in [0.717, 1.165) is 17.8 Å². The Morgan fingerprint density at radius 3 is 2.74 bits per heavy atom. The first-order valence-corrected chi connectivity index (χ1v) is 8.10. The summed E-state index contributed by atoms with van der Waals surface area (Å²) in [4.78, 5) is 0. The molecule has 0 saturated heterocycles. The number of rotatable bonds is 4. The van der Waals surface area contributed by atoms with Crippen LogP contribution in [0.3, 0.4) is 0 Å². The van der Waals surface area contributed by atoms with E-state index >= 15 is 0 Å². The molecule has 4 unspecified atom stereocenters. The topological polar surface area (TPSA) is 12.0 Å². The molecule has 0 aliphatic heterocycles. The first-order chi connectivity index (χ1) is 9.35. The molecule has 19 heavy (non-hydrogen) atoms. The van der Waals surface area contributed by atoms with E-state index in [2.05, 4.69) is 43.6 Å². The second-order valence-electron chi connectivity index (χ2n) is 6.44. The largest absolute Gasteiger partial charge is 0.316 e. The summed E-state index contributed by atoms with van der Waals surface area (Å²) in [5.74, 6) is 2.60. The van der Waals surface area contributed by atoms with Gasteiger partial charge in [-0.2, -0.15) is 0 Å². The summed E-state index contributed by atoms with van der Waals surface area (Å²) in [5, 5.41) is 3.68. The zero-order chi connectivity index (χ0) is 13.2. The van der Waals surface area contributed by atoms with Gasteiger partial charge in [-0.05, 0) is 42.9 Å². The third kappa shape index (κ3) is 2.33. The van der Waals surface area contributed by atoms with Gasteiger partial charge in [0.1, 0.15) is 0 Å². The van der Waals surface area contributed by atoms with Gasteiger partial charge in [0.25, 0.3) is 0 Å². The quantitative estimate of drug-likeness (QED) is 0.855. The minimum absolute atomic E-state index is 0.695. The Morgan fingerprint density at radius 2 is 2.00 bits per heavy atom. The second kappa shape index (κ2) is 5.66. The van der Waals surface area contributed by atoms with Crippen molar-refractivity contribution in [2.24, 2.45) is 11.8 Å². The Labute approximate surface area is 117 Å². The molecule has 2 aliphatic carbocycles. The van der Waals surface area contributed by atoms with Crippen LogP contribution in [-0.2, 0) is 6.42 Å². The van der Waals surface area contributed by atoms with Crippen molar-refractivity contribution >= 4 is 0 Å². The van der Waals surface area contributed by atoms with E-state index in [0.29, 0.717) is 6.04 Å². The van der Waals surface area contributed by atoms with E-state index < -0.39 is 0 Å². The van der Waals surface area contributed by atoms with E-state index in [4.69, 9.17) is 0 Å². The number of likely N-dealkylation sites (N-methyl/N-ethyl adjacent to an activating group) is 1. The fourth-order valence-corrected chi connectivity index (χ4v) is 4.55. The first-order valence-electron chi connectivity index (χ1n) is 8.10. The van der Waals surface area contributed by atoms with Crippen molar-refractivity contribution in [2.75, 3.05) is 7.05 Å². The van der Waals surface area contributed by atoms with Gasteiger partial charge in [0.05, 0.1) is 0 Å². The molecule has 3 rings (SSSR count). The zero-order valence-electron chi connectivity index (χ0n) is 12.4. The fraction of sp³-hybridized carbons (Fsp3) is 0.667. The van der Waals surface area contributed by atoms with Gasteiger partial charge in [0.2, 0.25) is 0 Å². The van der Waals surface area contributed by atoms with Crippen LogP contribution in [0.2, 0.25) is 0 Å². The molecule has 0 radical (unpaired) electrons. The lowest BCUT2D eigenvalue weighted by atomic mass is 9.64. The summed E-state index contributed by atoms with van der Waals surface area (Å²) >= 11 is 0. The van der Waals surface area contributed by atoms with Crippen LogP contribution in [0.15, 0.2) is 24.3 Å². The lowest BCUT2D eigenvalue weighted by Gasteiger charge is -2.44. The maximum atomic E-state index is 3.68. The molecule has 1 saturated carbocycles. The Morgan fingerprint density at radius 1 is 1.21 bits per heavy atom. The van der Waals surface area contributed by atoms with Crippen LogP contribution in [0.5, 0.6) is 0 Å². The highest BCUT2D eigenvalue weighted by Gasteiger charge is 2.39. The Balaban J connectivity index is 1.78. The van der Waals surface area contributed by atoms with Crippen molar-refractivity contribution < 1.29 is 0 Å². The number of benzene rings is 1. The van der Waals surface area contributed by atoms with E-state index in [-0.39, 0.29) is 0 Å². The highest BCUT2D eigenvalue weighted by Crippen LogP contribution is 2.44. The maximum absolute atomic E-state index is 3.68. The van der Waals surface area contributed by atoms with Crippen molar-refractivity contribution in [3.63, 3.8) is 0 Å². The lowest BCUT2D eigenvalue weighted by Crippen LogP contribution is -2.46. The molecular weight excluding hydrogens is 230 g/mol. The van der Waals surface area contributed by atoms with Gasteiger partial charge in [-0.3, -0.25) is 0 Å². The van der Waals surface area contributed by atoms with Crippen molar-refractivity contribution in [2.45, 2.75) is 57.4 Å². The molecule has 0 aromatic heterocycles. The summed E-state index contributed by atoms with van der Waals surface area (Å²) in [6, 6.07) is 9.73. The molecule has 1 heteroatoms. The van der Waals surface area contributed by atoms with E-state index in [1.54, 1.807) is 11.1 Å². The molecule has 1 aromatic rings. The predicted molar refractivity (Wildman–Crippen MR) is 81.5 cm³/mol. The molecule has 0 bridgehead atoms. The minimum Gasteiger partial charge on any atom is -0.316 e. The number of nitrogens with one attached hydrogen (secondary N) is 1. The molecule has 0 heterocycles. The predicted octanol–water partition coefficient (Wildman–Crippen LogP) is 4.13. The number of hydrogen-bond donors (Lipinski definition) is 1.